The first-order chi connectivity index (χ1) is 9.46. The Labute approximate surface area is 118 Å². The Morgan fingerprint density at radius 2 is 1.50 bits per heavy atom. The standard InChI is InChI=1S/C16H15NO2S/c1-11-3-6-14(7-4-11)20(18,19)16-10-13-9-12(2)5-8-15(13)17-16/h3-10,17H,1-2H3. The first-order valence-corrected chi connectivity index (χ1v) is 7.86. The van der Waals surface area contributed by atoms with Gasteiger partial charge >= 0.3 is 0 Å². The average Bonchev–Trinajstić information content (AvgIpc) is 2.83. The lowest BCUT2D eigenvalue weighted by Crippen LogP contribution is -2.02. The van der Waals surface area contributed by atoms with Crippen LogP contribution >= 0.6 is 0 Å². The number of sulfone groups is 1. The van der Waals surface area contributed by atoms with Crippen molar-refractivity contribution in [3.05, 3.63) is 59.7 Å². The number of nitrogens with one attached hydrogen (secondary N) is 1. The Morgan fingerprint density at radius 3 is 2.20 bits per heavy atom. The minimum absolute atomic E-state index is 0.238. The van der Waals surface area contributed by atoms with Gasteiger partial charge in [0, 0.05) is 10.9 Å². The van der Waals surface area contributed by atoms with E-state index in [4.69, 9.17) is 0 Å². The molecule has 3 aromatic rings. The van der Waals surface area contributed by atoms with E-state index >= 15 is 0 Å². The number of H-pyrrole nitrogens is 1. The summed E-state index contributed by atoms with van der Waals surface area (Å²) in [7, 11) is -3.49. The molecule has 0 aliphatic carbocycles. The Bertz CT molecular complexity index is 874. The number of aryl methyl sites for hydroxylation is 2. The molecule has 0 aliphatic heterocycles. The molecular formula is C16H15NO2S. The van der Waals surface area contributed by atoms with E-state index in [0.717, 1.165) is 22.0 Å². The molecule has 0 aliphatic rings. The number of benzene rings is 2. The summed E-state index contributed by atoms with van der Waals surface area (Å²) in [6.45, 7) is 3.92. The van der Waals surface area contributed by atoms with Crippen LogP contribution in [0.1, 0.15) is 11.1 Å². The number of aromatic amines is 1. The topological polar surface area (TPSA) is 49.9 Å². The highest BCUT2D eigenvalue weighted by atomic mass is 32.2. The van der Waals surface area contributed by atoms with Gasteiger partial charge in [0.15, 0.2) is 0 Å². The van der Waals surface area contributed by atoms with Crippen LogP contribution in [-0.2, 0) is 9.84 Å². The molecule has 2 aromatic carbocycles. The molecule has 1 heterocycles. The molecule has 0 unspecified atom stereocenters. The molecule has 0 saturated carbocycles. The van der Waals surface area contributed by atoms with Crippen molar-refractivity contribution >= 4 is 20.7 Å². The Balaban J connectivity index is 2.15. The molecular weight excluding hydrogens is 270 g/mol. The van der Waals surface area contributed by atoms with Crippen molar-refractivity contribution < 1.29 is 8.42 Å². The third-order valence-electron chi connectivity index (χ3n) is 3.37. The van der Waals surface area contributed by atoms with Crippen LogP contribution in [0.3, 0.4) is 0 Å². The molecule has 1 N–H and O–H groups in total. The molecule has 3 nitrogen and oxygen atoms in total. The summed E-state index contributed by atoms with van der Waals surface area (Å²) in [4.78, 5) is 3.30. The SMILES string of the molecule is Cc1ccc(S(=O)(=O)c2cc3cc(C)ccc3[nH]2)cc1. The molecule has 102 valence electrons. The molecule has 3 rings (SSSR count). The minimum atomic E-state index is -3.49. The predicted molar refractivity (Wildman–Crippen MR) is 79.7 cm³/mol. The van der Waals surface area contributed by atoms with Crippen LogP contribution in [0, 0.1) is 13.8 Å². The maximum Gasteiger partial charge on any atom is 0.221 e. The summed E-state index contributed by atoms with van der Waals surface area (Å²) in [5, 5.41) is 1.15. The second kappa shape index (κ2) is 4.49. The highest BCUT2D eigenvalue weighted by Crippen LogP contribution is 2.25. The molecule has 20 heavy (non-hydrogen) atoms. The van der Waals surface area contributed by atoms with Crippen LogP contribution in [0.4, 0.5) is 0 Å². The first kappa shape index (κ1) is 12.9. The van der Waals surface area contributed by atoms with Gasteiger partial charge in [-0.2, -0.15) is 0 Å². The van der Waals surface area contributed by atoms with Crippen LogP contribution in [0.5, 0.6) is 0 Å². The fraction of sp³-hybridized carbons (Fsp3) is 0.125. The van der Waals surface area contributed by atoms with Gasteiger partial charge in [0.05, 0.1) is 4.90 Å². The average molecular weight is 285 g/mol. The van der Waals surface area contributed by atoms with Crippen molar-refractivity contribution in [1.29, 1.82) is 0 Å². The molecule has 1 aromatic heterocycles. The fourth-order valence-electron chi connectivity index (χ4n) is 2.21. The second-order valence-electron chi connectivity index (χ2n) is 5.04. The summed E-state index contributed by atoms with van der Waals surface area (Å²) in [5.41, 5.74) is 2.98. The molecule has 0 amide bonds. The van der Waals surface area contributed by atoms with E-state index in [1.807, 2.05) is 32.0 Å². The van der Waals surface area contributed by atoms with Gasteiger partial charge in [-0.25, -0.2) is 8.42 Å². The molecule has 0 fully saturated rings. The first-order valence-electron chi connectivity index (χ1n) is 6.38. The maximum atomic E-state index is 12.6. The van der Waals surface area contributed by atoms with Gasteiger partial charge in [-0.15, -0.1) is 0 Å². The molecule has 0 bridgehead atoms. The molecule has 0 saturated heterocycles. The van der Waals surface area contributed by atoms with Crippen LogP contribution in [0.15, 0.2) is 58.5 Å². The van der Waals surface area contributed by atoms with Crippen molar-refractivity contribution in [3.63, 3.8) is 0 Å². The van der Waals surface area contributed by atoms with E-state index < -0.39 is 9.84 Å². The van der Waals surface area contributed by atoms with E-state index in [2.05, 4.69) is 4.98 Å². The van der Waals surface area contributed by atoms with Crippen molar-refractivity contribution in [2.24, 2.45) is 0 Å². The van der Waals surface area contributed by atoms with Gasteiger partial charge in [0.25, 0.3) is 0 Å². The van der Waals surface area contributed by atoms with Crippen molar-refractivity contribution in [3.8, 4) is 0 Å². The van der Waals surface area contributed by atoms with Gasteiger partial charge in [0.1, 0.15) is 5.03 Å². The monoisotopic (exact) mass is 285 g/mol. The Morgan fingerprint density at radius 1 is 0.850 bits per heavy atom. The van der Waals surface area contributed by atoms with Crippen LogP contribution in [0.25, 0.3) is 10.9 Å². The highest BCUT2D eigenvalue weighted by Gasteiger charge is 2.19. The third kappa shape index (κ3) is 2.12. The van der Waals surface area contributed by atoms with Gasteiger partial charge < -0.3 is 4.98 Å². The van der Waals surface area contributed by atoms with Gasteiger partial charge in [0.2, 0.25) is 9.84 Å². The minimum Gasteiger partial charge on any atom is -0.345 e. The van der Waals surface area contributed by atoms with E-state index in [-0.39, 0.29) is 5.03 Å². The lowest BCUT2D eigenvalue weighted by molar-refractivity contribution is 0.593. The number of hydrogen-bond donors (Lipinski definition) is 1. The summed E-state index contributed by atoms with van der Waals surface area (Å²) >= 11 is 0. The molecule has 0 spiro atoms. The van der Waals surface area contributed by atoms with E-state index in [1.165, 1.54) is 0 Å². The summed E-state index contributed by atoms with van der Waals surface area (Å²) in [5.74, 6) is 0. The Kier molecular flexibility index (Phi) is 2.91. The largest absolute Gasteiger partial charge is 0.345 e. The highest BCUT2D eigenvalue weighted by molar-refractivity contribution is 7.91. The normalized spacial score (nSPS) is 11.9. The van der Waals surface area contributed by atoms with Crippen molar-refractivity contribution in [1.82, 2.24) is 4.98 Å². The zero-order chi connectivity index (χ0) is 14.3. The summed E-state index contributed by atoms with van der Waals surface area (Å²) < 4.78 is 25.1. The van der Waals surface area contributed by atoms with Crippen LogP contribution in [0.2, 0.25) is 0 Å². The number of rotatable bonds is 2. The molecule has 0 radical (unpaired) electrons. The van der Waals surface area contributed by atoms with Gasteiger partial charge in [-0.1, -0.05) is 29.3 Å². The van der Waals surface area contributed by atoms with Crippen molar-refractivity contribution in [2.45, 2.75) is 23.8 Å². The molecule has 0 atom stereocenters. The zero-order valence-electron chi connectivity index (χ0n) is 11.3. The summed E-state index contributed by atoms with van der Waals surface area (Å²) in [6.07, 6.45) is 0. The summed E-state index contributed by atoms with van der Waals surface area (Å²) in [6, 6.07) is 14.4. The van der Waals surface area contributed by atoms with E-state index in [0.29, 0.717) is 4.90 Å². The lowest BCUT2D eigenvalue weighted by atomic mass is 10.2. The molecule has 4 heteroatoms. The van der Waals surface area contributed by atoms with Crippen LogP contribution < -0.4 is 0 Å². The lowest BCUT2D eigenvalue weighted by Gasteiger charge is -2.02. The van der Waals surface area contributed by atoms with Crippen LogP contribution in [-0.4, -0.2) is 13.4 Å². The second-order valence-corrected chi connectivity index (χ2v) is 6.96. The smallest absolute Gasteiger partial charge is 0.221 e. The Hall–Kier alpha value is -2.07. The fourth-order valence-corrected chi connectivity index (χ4v) is 3.49. The number of hydrogen-bond acceptors (Lipinski definition) is 2. The van der Waals surface area contributed by atoms with Crippen molar-refractivity contribution in [2.75, 3.05) is 0 Å². The predicted octanol–water partition coefficient (Wildman–Crippen LogP) is 3.62. The maximum absolute atomic E-state index is 12.6. The number of aromatic nitrogens is 1. The third-order valence-corrected chi connectivity index (χ3v) is 5.06. The van der Waals surface area contributed by atoms with Gasteiger partial charge in [-0.05, 0) is 44.2 Å². The van der Waals surface area contributed by atoms with E-state index in [1.54, 1.807) is 30.3 Å². The van der Waals surface area contributed by atoms with Gasteiger partial charge in [-0.3, -0.25) is 0 Å². The van der Waals surface area contributed by atoms with E-state index in [9.17, 15) is 8.42 Å². The quantitative estimate of drug-likeness (QED) is 0.782. The number of fused-ring (bicyclic) bond motifs is 1. The zero-order valence-corrected chi connectivity index (χ0v) is 12.2.